The monoisotopic (exact) mass is 349 g/mol. The number of carbonyl (C=O) groups excluding carboxylic acids is 1. The van der Waals surface area contributed by atoms with E-state index in [1.54, 1.807) is 13.0 Å². The number of hydrogen-bond donors (Lipinski definition) is 2. The van der Waals surface area contributed by atoms with Crippen LogP contribution >= 0.6 is 15.9 Å². The van der Waals surface area contributed by atoms with Gasteiger partial charge < -0.3 is 15.8 Å². The van der Waals surface area contributed by atoms with E-state index in [1.165, 1.54) is 6.20 Å². The second kappa shape index (κ2) is 6.58. The average Bonchev–Trinajstić information content (AvgIpc) is 2.44. The zero-order valence-corrected chi connectivity index (χ0v) is 13.4. The van der Waals surface area contributed by atoms with E-state index in [0.717, 1.165) is 15.7 Å². The van der Waals surface area contributed by atoms with Crippen molar-refractivity contribution in [2.45, 2.75) is 13.8 Å². The summed E-state index contributed by atoms with van der Waals surface area (Å²) in [6, 6.07) is 7.45. The largest absolute Gasteiger partial charge is 0.462 e. The third kappa shape index (κ3) is 3.72. The Morgan fingerprint density at radius 3 is 2.86 bits per heavy atom. The van der Waals surface area contributed by atoms with Gasteiger partial charge in [-0.3, -0.25) is 0 Å². The van der Waals surface area contributed by atoms with Crippen LogP contribution in [0.5, 0.6) is 0 Å². The molecule has 0 radical (unpaired) electrons. The lowest BCUT2D eigenvalue weighted by Crippen LogP contribution is -2.09. The minimum atomic E-state index is -0.451. The Bertz CT molecular complexity index is 674. The lowest BCUT2D eigenvalue weighted by atomic mass is 10.2. The number of hydrogen-bond acceptors (Lipinski definition) is 5. The number of nitrogen functional groups attached to an aromatic ring is 1. The number of ether oxygens (including phenoxy) is 1. The fourth-order valence-corrected chi connectivity index (χ4v) is 2.30. The lowest BCUT2D eigenvalue weighted by molar-refractivity contribution is 0.0527. The number of aryl methyl sites for hydroxylation is 1. The van der Waals surface area contributed by atoms with Crippen molar-refractivity contribution in [1.82, 2.24) is 4.98 Å². The van der Waals surface area contributed by atoms with Crippen LogP contribution in [-0.2, 0) is 4.74 Å². The van der Waals surface area contributed by atoms with Crippen molar-refractivity contribution in [2.75, 3.05) is 17.7 Å². The van der Waals surface area contributed by atoms with Gasteiger partial charge >= 0.3 is 5.97 Å². The minimum Gasteiger partial charge on any atom is -0.462 e. The topological polar surface area (TPSA) is 77.2 Å². The number of esters is 1. The van der Waals surface area contributed by atoms with Crippen molar-refractivity contribution in [3.8, 4) is 0 Å². The van der Waals surface area contributed by atoms with Crippen molar-refractivity contribution in [2.24, 2.45) is 0 Å². The molecular weight excluding hydrogens is 334 g/mol. The van der Waals surface area contributed by atoms with E-state index >= 15 is 0 Å². The highest BCUT2D eigenvalue weighted by atomic mass is 79.9. The van der Waals surface area contributed by atoms with E-state index in [4.69, 9.17) is 10.5 Å². The van der Waals surface area contributed by atoms with Gasteiger partial charge in [0.15, 0.2) is 0 Å². The number of carbonyl (C=O) groups is 1. The van der Waals surface area contributed by atoms with Crippen molar-refractivity contribution in [3.63, 3.8) is 0 Å². The molecule has 0 fully saturated rings. The highest BCUT2D eigenvalue weighted by Gasteiger charge is 2.13. The molecule has 0 aliphatic carbocycles. The standard InChI is InChI=1S/C15H16BrN3O2/c1-3-21-15(20)11-7-14(18-8-12(11)17)19-13-5-4-10(16)6-9(13)2/h4-8H,3,17H2,1-2H3,(H,18,19). The van der Waals surface area contributed by atoms with Crippen molar-refractivity contribution < 1.29 is 9.53 Å². The van der Waals surface area contributed by atoms with Crippen molar-refractivity contribution in [1.29, 1.82) is 0 Å². The Hall–Kier alpha value is -2.08. The Labute approximate surface area is 131 Å². The number of nitrogens with zero attached hydrogens (tertiary/aromatic N) is 1. The summed E-state index contributed by atoms with van der Waals surface area (Å²) in [4.78, 5) is 16.0. The SMILES string of the molecule is CCOC(=O)c1cc(Nc2ccc(Br)cc2C)ncc1N. The van der Waals surface area contributed by atoms with Crippen LogP contribution < -0.4 is 11.1 Å². The first kappa shape index (κ1) is 15.3. The zero-order valence-electron chi connectivity index (χ0n) is 11.8. The summed E-state index contributed by atoms with van der Waals surface area (Å²) >= 11 is 3.42. The molecule has 1 aromatic carbocycles. The molecular formula is C15H16BrN3O2. The van der Waals surface area contributed by atoms with E-state index in [1.807, 2.05) is 25.1 Å². The molecule has 2 rings (SSSR count). The summed E-state index contributed by atoms with van der Waals surface area (Å²) in [5.74, 6) is 0.0886. The molecule has 21 heavy (non-hydrogen) atoms. The molecule has 0 spiro atoms. The summed E-state index contributed by atoms with van der Waals surface area (Å²) < 4.78 is 5.98. The van der Waals surface area contributed by atoms with E-state index < -0.39 is 5.97 Å². The number of benzene rings is 1. The van der Waals surface area contributed by atoms with Gasteiger partial charge in [0.25, 0.3) is 0 Å². The van der Waals surface area contributed by atoms with Gasteiger partial charge in [0.2, 0.25) is 0 Å². The Kier molecular flexibility index (Phi) is 4.80. The number of nitrogens with two attached hydrogens (primary N) is 1. The number of pyridine rings is 1. The number of halogens is 1. The summed E-state index contributed by atoms with van der Waals surface area (Å²) in [6.07, 6.45) is 1.45. The maximum atomic E-state index is 11.8. The fraction of sp³-hybridized carbons (Fsp3) is 0.200. The average molecular weight is 350 g/mol. The third-order valence-corrected chi connectivity index (χ3v) is 3.37. The molecule has 0 atom stereocenters. The molecule has 0 unspecified atom stereocenters. The first-order valence-corrected chi connectivity index (χ1v) is 7.26. The molecule has 110 valence electrons. The lowest BCUT2D eigenvalue weighted by Gasteiger charge is -2.11. The first-order chi connectivity index (χ1) is 10.0. The summed E-state index contributed by atoms with van der Waals surface area (Å²) in [7, 11) is 0. The molecule has 0 saturated heterocycles. The highest BCUT2D eigenvalue weighted by molar-refractivity contribution is 9.10. The Morgan fingerprint density at radius 2 is 2.19 bits per heavy atom. The molecule has 1 aromatic heterocycles. The van der Waals surface area contributed by atoms with Gasteiger partial charge in [-0.05, 0) is 43.7 Å². The molecule has 0 aliphatic rings. The first-order valence-electron chi connectivity index (χ1n) is 6.47. The van der Waals surface area contributed by atoms with Gasteiger partial charge in [-0.1, -0.05) is 15.9 Å². The maximum absolute atomic E-state index is 11.8. The van der Waals surface area contributed by atoms with Crippen LogP contribution in [0.15, 0.2) is 34.9 Å². The number of rotatable bonds is 4. The molecule has 1 heterocycles. The van der Waals surface area contributed by atoms with Gasteiger partial charge in [0, 0.05) is 10.2 Å². The molecule has 3 N–H and O–H groups in total. The second-order valence-corrected chi connectivity index (χ2v) is 5.38. The van der Waals surface area contributed by atoms with Crippen LogP contribution in [0.4, 0.5) is 17.2 Å². The third-order valence-electron chi connectivity index (χ3n) is 2.88. The zero-order chi connectivity index (χ0) is 15.4. The summed E-state index contributed by atoms with van der Waals surface area (Å²) in [5, 5.41) is 3.17. The number of aromatic nitrogens is 1. The molecule has 0 bridgehead atoms. The Balaban J connectivity index is 2.28. The highest BCUT2D eigenvalue weighted by Crippen LogP contribution is 2.24. The van der Waals surface area contributed by atoms with Crippen molar-refractivity contribution in [3.05, 3.63) is 46.1 Å². The van der Waals surface area contributed by atoms with E-state index in [9.17, 15) is 4.79 Å². The second-order valence-electron chi connectivity index (χ2n) is 4.46. The molecule has 6 heteroatoms. The number of anilines is 3. The van der Waals surface area contributed by atoms with Crippen LogP contribution in [0.1, 0.15) is 22.8 Å². The van der Waals surface area contributed by atoms with Gasteiger partial charge in [-0.25, -0.2) is 9.78 Å². The van der Waals surface area contributed by atoms with Gasteiger partial charge in [0.05, 0.1) is 24.1 Å². The summed E-state index contributed by atoms with van der Waals surface area (Å²) in [6.45, 7) is 4.03. The van der Waals surface area contributed by atoms with Crippen LogP contribution in [0.25, 0.3) is 0 Å². The minimum absolute atomic E-state index is 0.298. The Morgan fingerprint density at radius 1 is 1.43 bits per heavy atom. The summed E-state index contributed by atoms with van der Waals surface area (Å²) in [5.41, 5.74) is 8.34. The van der Waals surface area contributed by atoms with E-state index in [2.05, 4.69) is 26.2 Å². The van der Waals surface area contributed by atoms with Crippen LogP contribution in [-0.4, -0.2) is 17.6 Å². The fourth-order valence-electron chi connectivity index (χ4n) is 1.83. The van der Waals surface area contributed by atoms with E-state index in [0.29, 0.717) is 23.7 Å². The van der Waals surface area contributed by atoms with Crippen molar-refractivity contribution >= 4 is 39.1 Å². The normalized spacial score (nSPS) is 10.2. The number of nitrogens with one attached hydrogen (secondary N) is 1. The molecule has 2 aromatic rings. The maximum Gasteiger partial charge on any atom is 0.340 e. The van der Waals surface area contributed by atoms with Crippen LogP contribution in [0.3, 0.4) is 0 Å². The molecule has 5 nitrogen and oxygen atoms in total. The quantitative estimate of drug-likeness (QED) is 0.823. The predicted molar refractivity (Wildman–Crippen MR) is 86.8 cm³/mol. The van der Waals surface area contributed by atoms with Gasteiger partial charge in [-0.15, -0.1) is 0 Å². The van der Waals surface area contributed by atoms with Crippen LogP contribution in [0.2, 0.25) is 0 Å². The predicted octanol–water partition coefficient (Wildman–Crippen LogP) is 3.66. The molecule has 0 amide bonds. The molecule has 0 aliphatic heterocycles. The van der Waals surface area contributed by atoms with E-state index in [-0.39, 0.29) is 0 Å². The van der Waals surface area contributed by atoms with Gasteiger partial charge in [0.1, 0.15) is 5.82 Å². The van der Waals surface area contributed by atoms with Crippen LogP contribution in [0, 0.1) is 6.92 Å². The molecule has 0 saturated carbocycles. The van der Waals surface area contributed by atoms with Gasteiger partial charge in [-0.2, -0.15) is 0 Å². The smallest absolute Gasteiger partial charge is 0.340 e.